The summed E-state index contributed by atoms with van der Waals surface area (Å²) in [6, 6.07) is 6.91. The zero-order valence-electron chi connectivity index (χ0n) is 14.3. The van der Waals surface area contributed by atoms with Crippen molar-refractivity contribution in [3.05, 3.63) is 60.4 Å². The number of benzene rings is 1. The number of hydrogen-bond acceptors (Lipinski definition) is 6. The molecule has 0 aliphatic heterocycles. The Kier molecular flexibility index (Phi) is 3.39. The van der Waals surface area contributed by atoms with Crippen molar-refractivity contribution >= 4 is 22.2 Å². The lowest BCUT2D eigenvalue weighted by Crippen LogP contribution is -2.05. The third kappa shape index (κ3) is 2.69. The molecule has 4 aromatic heterocycles. The zero-order valence-corrected chi connectivity index (χ0v) is 14.3. The molecule has 0 aliphatic rings. The predicted molar refractivity (Wildman–Crippen MR) is 96.1 cm³/mol. The van der Waals surface area contributed by atoms with Crippen LogP contribution < -0.4 is 0 Å². The van der Waals surface area contributed by atoms with E-state index >= 15 is 0 Å². The number of fused-ring (bicyclic) bond motifs is 2. The van der Waals surface area contributed by atoms with Crippen LogP contribution in [-0.4, -0.2) is 39.7 Å². The van der Waals surface area contributed by atoms with Crippen molar-refractivity contribution in [2.24, 2.45) is 7.05 Å². The summed E-state index contributed by atoms with van der Waals surface area (Å²) in [7, 11) is 1.83. The highest BCUT2D eigenvalue weighted by molar-refractivity contribution is 5.79. The van der Waals surface area contributed by atoms with Crippen LogP contribution in [0.5, 0.6) is 0 Å². The molecule has 1 aromatic carbocycles. The Hall–Kier alpha value is -3.75. The largest absolute Gasteiger partial charge is 0.275 e. The Bertz CT molecular complexity index is 1290. The second-order valence-electron chi connectivity index (χ2n) is 6.19. The summed E-state index contributed by atoms with van der Waals surface area (Å²) < 4.78 is 17.7. The van der Waals surface area contributed by atoms with Crippen LogP contribution >= 0.6 is 0 Å². The van der Waals surface area contributed by atoms with Crippen molar-refractivity contribution in [2.45, 2.75) is 6.54 Å². The lowest BCUT2D eigenvalue weighted by molar-refractivity contribution is 0.583. The quantitative estimate of drug-likeness (QED) is 0.491. The Morgan fingerprint density at radius 3 is 2.93 bits per heavy atom. The summed E-state index contributed by atoms with van der Waals surface area (Å²) in [4.78, 5) is 13.1. The molecule has 4 heterocycles. The van der Waals surface area contributed by atoms with Crippen LogP contribution in [0.15, 0.2) is 49.1 Å². The third-order valence-corrected chi connectivity index (χ3v) is 4.32. The van der Waals surface area contributed by atoms with Crippen molar-refractivity contribution in [1.29, 1.82) is 0 Å². The van der Waals surface area contributed by atoms with Gasteiger partial charge in [0.1, 0.15) is 5.82 Å². The van der Waals surface area contributed by atoms with Gasteiger partial charge in [0.25, 0.3) is 0 Å². The average Bonchev–Trinajstić information content (AvgIpc) is 3.28. The first-order valence-corrected chi connectivity index (χ1v) is 8.26. The minimum absolute atomic E-state index is 0.193. The number of halogens is 1. The van der Waals surface area contributed by atoms with Crippen molar-refractivity contribution in [2.75, 3.05) is 0 Å². The molecule has 0 fully saturated rings. The minimum Gasteiger partial charge on any atom is -0.275 e. The first-order chi connectivity index (χ1) is 13.2. The molecule has 8 nitrogen and oxygen atoms in total. The smallest absolute Gasteiger partial charge is 0.221 e. The maximum Gasteiger partial charge on any atom is 0.221 e. The highest BCUT2D eigenvalue weighted by Crippen LogP contribution is 2.21. The van der Waals surface area contributed by atoms with Gasteiger partial charge in [0.05, 0.1) is 30.1 Å². The van der Waals surface area contributed by atoms with Crippen molar-refractivity contribution in [3.63, 3.8) is 0 Å². The number of aromatic nitrogens is 8. The van der Waals surface area contributed by atoms with Gasteiger partial charge in [-0.2, -0.15) is 5.10 Å². The monoisotopic (exact) mass is 360 g/mol. The first-order valence-electron chi connectivity index (χ1n) is 8.26. The van der Waals surface area contributed by atoms with Gasteiger partial charge in [-0.25, -0.2) is 19.0 Å². The van der Waals surface area contributed by atoms with Gasteiger partial charge >= 0.3 is 0 Å². The molecular weight excluding hydrogens is 347 g/mol. The van der Waals surface area contributed by atoms with Gasteiger partial charge in [-0.15, -0.1) is 5.10 Å². The molecule has 0 spiro atoms. The molecule has 9 heteroatoms. The van der Waals surface area contributed by atoms with E-state index < -0.39 is 0 Å². The molecular formula is C18H13FN8. The first kappa shape index (κ1) is 15.5. The van der Waals surface area contributed by atoms with Crippen molar-refractivity contribution in [3.8, 4) is 11.3 Å². The van der Waals surface area contributed by atoms with Gasteiger partial charge in [0.2, 0.25) is 5.65 Å². The van der Waals surface area contributed by atoms with Crippen molar-refractivity contribution in [1.82, 2.24) is 39.7 Å². The molecule has 5 aromatic rings. The van der Waals surface area contributed by atoms with E-state index in [1.807, 2.05) is 25.4 Å². The van der Waals surface area contributed by atoms with E-state index in [1.165, 1.54) is 6.07 Å². The fourth-order valence-electron chi connectivity index (χ4n) is 2.98. The van der Waals surface area contributed by atoms with Crippen molar-refractivity contribution < 1.29 is 4.39 Å². The van der Waals surface area contributed by atoms with Gasteiger partial charge in [0, 0.05) is 42.0 Å². The van der Waals surface area contributed by atoms with Gasteiger partial charge in [-0.05, 0) is 12.1 Å². The molecule has 0 unspecified atom stereocenters. The third-order valence-electron chi connectivity index (χ3n) is 4.32. The predicted octanol–water partition coefficient (Wildman–Crippen LogP) is 2.36. The Balaban J connectivity index is 1.58. The number of hydrogen-bond donors (Lipinski definition) is 0. The minimum atomic E-state index is -0.346. The van der Waals surface area contributed by atoms with Gasteiger partial charge in [0.15, 0.2) is 5.65 Å². The highest BCUT2D eigenvalue weighted by atomic mass is 19.1. The molecule has 0 saturated carbocycles. The standard InChI is InChI=1S/C18H13FN8/c1-26-9-13(7-22-26)16-8-21-17-18(23-16)27(25-24-17)10-12-5-11-3-2-4-20-15(11)6-14(12)19/h2-9H,10H2,1H3. The topological polar surface area (TPSA) is 87.2 Å². The number of pyridine rings is 1. The molecule has 0 N–H and O–H groups in total. The van der Waals surface area contributed by atoms with Crippen LogP contribution in [0, 0.1) is 5.82 Å². The van der Waals surface area contributed by atoms with E-state index in [4.69, 9.17) is 0 Å². The van der Waals surface area contributed by atoms with E-state index in [0.717, 1.165) is 10.9 Å². The molecule has 0 bridgehead atoms. The average molecular weight is 360 g/mol. The second-order valence-corrected chi connectivity index (χ2v) is 6.19. The van der Waals surface area contributed by atoms with Crippen LogP contribution in [0.2, 0.25) is 0 Å². The Morgan fingerprint density at radius 1 is 1.15 bits per heavy atom. The molecule has 0 amide bonds. The summed E-state index contributed by atoms with van der Waals surface area (Å²) in [5.74, 6) is -0.346. The fraction of sp³-hybridized carbons (Fsp3) is 0.111. The summed E-state index contributed by atoms with van der Waals surface area (Å²) in [5.41, 5.74) is 3.48. The Morgan fingerprint density at radius 2 is 2.07 bits per heavy atom. The summed E-state index contributed by atoms with van der Waals surface area (Å²) >= 11 is 0. The molecule has 5 rings (SSSR count). The lowest BCUT2D eigenvalue weighted by Gasteiger charge is -2.06. The van der Waals surface area contributed by atoms with E-state index in [1.54, 1.807) is 34.0 Å². The maximum atomic E-state index is 14.5. The number of nitrogens with zero attached hydrogens (tertiary/aromatic N) is 8. The number of aryl methyl sites for hydroxylation is 1. The van der Waals surface area contributed by atoms with Crippen LogP contribution in [0.4, 0.5) is 4.39 Å². The summed E-state index contributed by atoms with van der Waals surface area (Å²) in [6.07, 6.45) is 6.82. The summed E-state index contributed by atoms with van der Waals surface area (Å²) in [5, 5.41) is 13.1. The fourth-order valence-corrected chi connectivity index (χ4v) is 2.98. The van der Waals surface area contributed by atoms with E-state index in [9.17, 15) is 4.39 Å². The van der Waals surface area contributed by atoms with Gasteiger partial charge in [-0.3, -0.25) is 9.67 Å². The highest BCUT2D eigenvalue weighted by Gasteiger charge is 2.13. The van der Waals surface area contributed by atoms with Crippen LogP contribution in [0.3, 0.4) is 0 Å². The second kappa shape index (κ2) is 5.90. The van der Waals surface area contributed by atoms with Crippen LogP contribution in [0.1, 0.15) is 5.56 Å². The van der Waals surface area contributed by atoms with E-state index in [0.29, 0.717) is 28.1 Å². The van der Waals surface area contributed by atoms with Crippen LogP contribution in [-0.2, 0) is 13.6 Å². The lowest BCUT2D eigenvalue weighted by atomic mass is 10.1. The molecule has 0 aliphatic carbocycles. The van der Waals surface area contributed by atoms with Crippen LogP contribution in [0.25, 0.3) is 33.5 Å². The zero-order chi connectivity index (χ0) is 18.4. The SMILES string of the molecule is Cn1cc(-c2cnc3nnn(Cc4cc5cccnc5cc4F)c3n2)cn1. The molecule has 27 heavy (non-hydrogen) atoms. The van der Waals surface area contributed by atoms with E-state index in [2.05, 4.69) is 30.4 Å². The summed E-state index contributed by atoms with van der Waals surface area (Å²) in [6.45, 7) is 0.193. The maximum absolute atomic E-state index is 14.5. The molecule has 0 atom stereocenters. The molecule has 0 radical (unpaired) electrons. The normalized spacial score (nSPS) is 11.5. The van der Waals surface area contributed by atoms with Gasteiger partial charge in [-0.1, -0.05) is 11.3 Å². The number of rotatable bonds is 3. The molecule has 0 saturated heterocycles. The van der Waals surface area contributed by atoms with Gasteiger partial charge < -0.3 is 0 Å². The van der Waals surface area contributed by atoms with E-state index in [-0.39, 0.29) is 12.4 Å². The Labute approximate surface area is 152 Å². The molecule has 132 valence electrons.